The molecule has 1 aromatic rings. The second-order valence-corrected chi connectivity index (χ2v) is 6.47. The molecule has 6 heteroatoms. The fourth-order valence-corrected chi connectivity index (χ4v) is 3.54. The number of piperidine rings is 1. The second-order valence-electron chi connectivity index (χ2n) is 6.47. The molecule has 6 nitrogen and oxygen atoms in total. The van der Waals surface area contributed by atoms with Crippen molar-refractivity contribution in [3.63, 3.8) is 0 Å². The van der Waals surface area contributed by atoms with Gasteiger partial charge in [-0.15, -0.1) is 0 Å². The highest BCUT2D eigenvalue weighted by Gasteiger charge is 2.36. The van der Waals surface area contributed by atoms with E-state index in [4.69, 9.17) is 14.3 Å². The molecule has 0 spiro atoms. The van der Waals surface area contributed by atoms with E-state index in [1.807, 2.05) is 6.07 Å². The first kappa shape index (κ1) is 17.5. The summed E-state index contributed by atoms with van der Waals surface area (Å²) in [5, 5.41) is 4.08. The van der Waals surface area contributed by atoms with Gasteiger partial charge in [0.05, 0.1) is 19.9 Å². The number of fused-ring (bicyclic) bond motifs is 2. The summed E-state index contributed by atoms with van der Waals surface area (Å²) in [5.74, 6) is 0.777. The Morgan fingerprint density at radius 2 is 1.84 bits per heavy atom. The monoisotopic (exact) mass is 344 g/mol. The Morgan fingerprint density at radius 1 is 1.16 bits per heavy atom. The van der Waals surface area contributed by atoms with Gasteiger partial charge in [0.1, 0.15) is 0 Å². The average molecular weight is 344 g/mol. The van der Waals surface area contributed by atoms with Gasteiger partial charge in [0.2, 0.25) is 0 Å². The van der Waals surface area contributed by atoms with Crippen LogP contribution < -0.4 is 9.47 Å². The standard InChI is InChI=1S/C19H24N2O4/c1-21-15-6-7-16(21)12-14(11-15)20-25-19(22)9-5-13-4-8-17(23-2)18(10-13)24-3/h4-5,8-10,15-16H,6-7,11-12H2,1-3H3/b9-5-,20-14?. The molecule has 0 aromatic heterocycles. The van der Waals surface area contributed by atoms with Gasteiger partial charge in [0, 0.05) is 31.0 Å². The molecule has 0 saturated carbocycles. The second kappa shape index (κ2) is 7.70. The van der Waals surface area contributed by atoms with Gasteiger partial charge in [-0.05, 0) is 43.7 Å². The van der Waals surface area contributed by atoms with Gasteiger partial charge in [0.15, 0.2) is 11.5 Å². The van der Waals surface area contributed by atoms with Crippen molar-refractivity contribution in [2.75, 3.05) is 21.3 Å². The summed E-state index contributed by atoms with van der Waals surface area (Å²) in [7, 11) is 5.32. The van der Waals surface area contributed by atoms with Crippen molar-refractivity contribution in [2.24, 2.45) is 5.16 Å². The Bertz CT molecular complexity index is 683. The lowest BCUT2D eigenvalue weighted by atomic mass is 10.0. The van der Waals surface area contributed by atoms with Crippen molar-refractivity contribution >= 4 is 17.8 Å². The maximum atomic E-state index is 11.9. The zero-order valence-corrected chi connectivity index (χ0v) is 14.9. The van der Waals surface area contributed by atoms with Gasteiger partial charge >= 0.3 is 5.97 Å². The molecule has 2 aliphatic rings. The molecular weight excluding hydrogens is 320 g/mol. The van der Waals surface area contributed by atoms with Crippen molar-refractivity contribution in [3.8, 4) is 11.5 Å². The van der Waals surface area contributed by atoms with Gasteiger partial charge in [-0.25, -0.2) is 4.79 Å². The summed E-state index contributed by atoms with van der Waals surface area (Å²) in [6, 6.07) is 6.50. The van der Waals surface area contributed by atoms with E-state index in [1.54, 1.807) is 32.4 Å². The minimum Gasteiger partial charge on any atom is -0.493 e. The van der Waals surface area contributed by atoms with Crippen LogP contribution in [0.15, 0.2) is 29.4 Å². The third-order valence-electron chi connectivity index (χ3n) is 5.01. The molecule has 2 unspecified atom stereocenters. The van der Waals surface area contributed by atoms with Crippen LogP contribution in [0.25, 0.3) is 6.08 Å². The molecule has 2 aliphatic heterocycles. The SMILES string of the molecule is COc1ccc(/C=C\C(=O)ON=C2CC3CCC(C2)N3C)cc1OC. The first-order chi connectivity index (χ1) is 12.1. The summed E-state index contributed by atoms with van der Waals surface area (Å²) in [5.41, 5.74) is 1.80. The van der Waals surface area contributed by atoms with Gasteiger partial charge in [0.25, 0.3) is 0 Å². The molecule has 0 N–H and O–H groups in total. The zero-order chi connectivity index (χ0) is 17.8. The summed E-state index contributed by atoms with van der Waals surface area (Å²) in [6.07, 6.45) is 7.22. The number of methoxy groups -OCH3 is 2. The van der Waals surface area contributed by atoms with Crippen molar-refractivity contribution in [3.05, 3.63) is 29.8 Å². The van der Waals surface area contributed by atoms with Crippen LogP contribution >= 0.6 is 0 Å². The molecule has 25 heavy (non-hydrogen) atoms. The number of hydrogen-bond acceptors (Lipinski definition) is 6. The highest BCUT2D eigenvalue weighted by atomic mass is 16.7. The third-order valence-corrected chi connectivity index (χ3v) is 5.01. The Morgan fingerprint density at radius 3 is 2.48 bits per heavy atom. The largest absolute Gasteiger partial charge is 0.493 e. The molecule has 2 atom stereocenters. The van der Waals surface area contributed by atoms with Crippen LogP contribution in [0.4, 0.5) is 0 Å². The number of carbonyl (C=O) groups is 1. The lowest BCUT2D eigenvalue weighted by Crippen LogP contribution is -2.40. The van der Waals surface area contributed by atoms with Gasteiger partial charge in [-0.3, -0.25) is 4.90 Å². The molecule has 0 radical (unpaired) electrons. The van der Waals surface area contributed by atoms with Crippen molar-refractivity contribution in [1.82, 2.24) is 4.90 Å². The minimum absolute atomic E-state index is 0.478. The van der Waals surface area contributed by atoms with E-state index in [2.05, 4.69) is 17.1 Å². The number of ether oxygens (including phenoxy) is 2. The minimum atomic E-state index is -0.478. The summed E-state index contributed by atoms with van der Waals surface area (Å²) in [6.45, 7) is 0. The first-order valence-electron chi connectivity index (χ1n) is 8.49. The van der Waals surface area contributed by atoms with Crippen LogP contribution in [-0.4, -0.2) is 49.9 Å². The van der Waals surface area contributed by atoms with E-state index in [0.29, 0.717) is 23.6 Å². The number of carbonyl (C=O) groups excluding carboxylic acids is 1. The first-order valence-corrected chi connectivity index (χ1v) is 8.49. The van der Waals surface area contributed by atoms with Crippen LogP contribution in [0, 0.1) is 0 Å². The van der Waals surface area contributed by atoms with Crippen molar-refractivity contribution < 1.29 is 19.1 Å². The number of rotatable bonds is 5. The smallest absolute Gasteiger partial charge is 0.358 e. The van der Waals surface area contributed by atoms with Crippen LogP contribution in [0.2, 0.25) is 0 Å². The maximum absolute atomic E-state index is 11.9. The highest BCUT2D eigenvalue weighted by molar-refractivity contribution is 5.90. The number of nitrogens with zero attached hydrogens (tertiary/aromatic N) is 2. The normalized spacial score (nSPS) is 22.9. The predicted octanol–water partition coefficient (Wildman–Crippen LogP) is 2.87. The van der Waals surface area contributed by atoms with E-state index in [9.17, 15) is 4.79 Å². The van der Waals surface area contributed by atoms with E-state index in [-0.39, 0.29) is 0 Å². The molecule has 1 aromatic carbocycles. The molecule has 3 rings (SSSR count). The molecule has 2 fully saturated rings. The highest BCUT2D eigenvalue weighted by Crippen LogP contribution is 2.32. The number of hydrogen-bond donors (Lipinski definition) is 0. The summed E-state index contributed by atoms with van der Waals surface area (Å²) in [4.78, 5) is 19.4. The van der Waals surface area contributed by atoms with E-state index >= 15 is 0 Å². The molecule has 2 bridgehead atoms. The molecule has 2 saturated heterocycles. The van der Waals surface area contributed by atoms with Gasteiger partial charge in [-0.1, -0.05) is 11.2 Å². The van der Waals surface area contributed by atoms with Crippen LogP contribution in [0.1, 0.15) is 31.2 Å². The third kappa shape index (κ3) is 4.02. The summed E-state index contributed by atoms with van der Waals surface area (Å²) >= 11 is 0. The van der Waals surface area contributed by atoms with Crippen LogP contribution in [-0.2, 0) is 9.63 Å². The van der Waals surface area contributed by atoms with Gasteiger partial charge < -0.3 is 14.3 Å². The Labute approximate surface area is 148 Å². The molecule has 134 valence electrons. The fourth-order valence-electron chi connectivity index (χ4n) is 3.54. The van der Waals surface area contributed by atoms with E-state index < -0.39 is 5.97 Å². The van der Waals surface area contributed by atoms with Gasteiger partial charge in [-0.2, -0.15) is 0 Å². The van der Waals surface area contributed by atoms with Crippen molar-refractivity contribution in [1.29, 1.82) is 0 Å². The zero-order valence-electron chi connectivity index (χ0n) is 14.9. The Balaban J connectivity index is 1.57. The van der Waals surface area contributed by atoms with E-state index in [1.165, 1.54) is 18.9 Å². The lowest BCUT2D eigenvalue weighted by molar-refractivity contribution is -0.137. The van der Waals surface area contributed by atoms with E-state index in [0.717, 1.165) is 24.1 Å². The molecular formula is C19H24N2O4. The maximum Gasteiger partial charge on any atom is 0.358 e. The lowest BCUT2D eigenvalue weighted by Gasteiger charge is -2.31. The van der Waals surface area contributed by atoms with Crippen LogP contribution in [0.3, 0.4) is 0 Å². The summed E-state index contributed by atoms with van der Waals surface area (Å²) < 4.78 is 10.4. The topological polar surface area (TPSA) is 60.4 Å². The average Bonchev–Trinajstić information content (AvgIpc) is 2.85. The number of benzene rings is 1. The Kier molecular flexibility index (Phi) is 5.38. The van der Waals surface area contributed by atoms with Crippen molar-refractivity contribution in [2.45, 2.75) is 37.8 Å². The molecule has 0 amide bonds. The molecule has 2 heterocycles. The fraction of sp³-hybridized carbons (Fsp3) is 0.474. The van der Waals surface area contributed by atoms with Crippen LogP contribution in [0.5, 0.6) is 11.5 Å². The quantitative estimate of drug-likeness (QED) is 0.467. The number of oxime groups is 1. The predicted molar refractivity (Wildman–Crippen MR) is 95.9 cm³/mol. The molecule has 0 aliphatic carbocycles. The Hall–Kier alpha value is -2.34.